The lowest BCUT2D eigenvalue weighted by Crippen LogP contribution is -2.36. The molecule has 8 heteroatoms. The summed E-state index contributed by atoms with van der Waals surface area (Å²) in [5.41, 5.74) is 1.63. The number of hydrogen-bond acceptors (Lipinski definition) is 6. The number of anilines is 1. The van der Waals surface area contributed by atoms with E-state index in [9.17, 15) is 14.7 Å². The number of nitrogens with one attached hydrogen (secondary N) is 1. The van der Waals surface area contributed by atoms with Crippen LogP contribution in [0.5, 0.6) is 0 Å². The number of esters is 1. The SMILES string of the molecule is COC(=O)c1c(-c2ccccc2Cl)csc1NC(=O)CN(CCO)C1CC1. The van der Waals surface area contributed by atoms with Crippen molar-refractivity contribution in [1.82, 2.24) is 4.90 Å². The number of rotatable bonds is 8. The van der Waals surface area contributed by atoms with E-state index >= 15 is 0 Å². The van der Waals surface area contributed by atoms with Crippen molar-refractivity contribution in [3.05, 3.63) is 40.2 Å². The molecule has 1 heterocycles. The van der Waals surface area contributed by atoms with Crippen molar-refractivity contribution in [2.45, 2.75) is 18.9 Å². The number of hydrogen-bond donors (Lipinski definition) is 2. The number of amides is 1. The molecule has 1 aromatic carbocycles. The number of carbonyl (C=O) groups excluding carboxylic acids is 2. The van der Waals surface area contributed by atoms with Gasteiger partial charge < -0.3 is 15.2 Å². The smallest absolute Gasteiger partial charge is 0.341 e. The molecule has 1 amide bonds. The van der Waals surface area contributed by atoms with Gasteiger partial charge in [0.2, 0.25) is 5.91 Å². The number of carbonyl (C=O) groups is 2. The van der Waals surface area contributed by atoms with Crippen LogP contribution in [0.4, 0.5) is 5.00 Å². The Kier molecular flexibility index (Phi) is 6.49. The Morgan fingerprint density at radius 3 is 2.70 bits per heavy atom. The van der Waals surface area contributed by atoms with Crippen molar-refractivity contribution in [2.75, 3.05) is 32.1 Å². The van der Waals surface area contributed by atoms with Gasteiger partial charge in [-0.25, -0.2) is 4.79 Å². The van der Waals surface area contributed by atoms with Crippen molar-refractivity contribution in [1.29, 1.82) is 0 Å². The maximum atomic E-state index is 12.5. The van der Waals surface area contributed by atoms with E-state index in [1.807, 2.05) is 23.1 Å². The first-order valence-electron chi connectivity index (χ1n) is 8.64. The molecule has 0 unspecified atom stereocenters. The Hall–Kier alpha value is -1.93. The van der Waals surface area contributed by atoms with Gasteiger partial charge in [0.1, 0.15) is 10.6 Å². The van der Waals surface area contributed by atoms with Crippen molar-refractivity contribution >= 4 is 39.8 Å². The van der Waals surface area contributed by atoms with Crippen LogP contribution in [0.2, 0.25) is 5.02 Å². The van der Waals surface area contributed by atoms with E-state index in [2.05, 4.69) is 5.32 Å². The lowest BCUT2D eigenvalue weighted by molar-refractivity contribution is -0.117. The van der Waals surface area contributed by atoms with Crippen LogP contribution in [-0.2, 0) is 9.53 Å². The highest BCUT2D eigenvalue weighted by Crippen LogP contribution is 2.39. The van der Waals surface area contributed by atoms with Gasteiger partial charge in [-0.2, -0.15) is 0 Å². The third kappa shape index (κ3) is 4.68. The molecule has 1 aromatic heterocycles. The Labute approximate surface area is 166 Å². The van der Waals surface area contributed by atoms with E-state index in [4.69, 9.17) is 16.3 Å². The molecule has 1 fully saturated rings. The van der Waals surface area contributed by atoms with E-state index in [0.29, 0.717) is 39.3 Å². The molecule has 6 nitrogen and oxygen atoms in total. The maximum absolute atomic E-state index is 12.5. The fourth-order valence-corrected chi connectivity index (χ4v) is 4.14. The van der Waals surface area contributed by atoms with Crippen LogP contribution in [0.1, 0.15) is 23.2 Å². The average molecular weight is 409 g/mol. The van der Waals surface area contributed by atoms with Crippen molar-refractivity contribution < 1.29 is 19.4 Å². The average Bonchev–Trinajstić information content (AvgIpc) is 3.42. The van der Waals surface area contributed by atoms with E-state index in [1.54, 1.807) is 11.4 Å². The van der Waals surface area contributed by atoms with Gasteiger partial charge in [-0.05, 0) is 18.9 Å². The first kappa shape index (κ1) is 19.8. The molecule has 0 saturated heterocycles. The number of aliphatic hydroxyl groups excluding tert-OH is 1. The van der Waals surface area contributed by atoms with Crippen LogP contribution in [0, 0.1) is 0 Å². The minimum atomic E-state index is -0.532. The van der Waals surface area contributed by atoms with Crippen LogP contribution in [0.15, 0.2) is 29.6 Å². The molecule has 1 saturated carbocycles. The summed E-state index contributed by atoms with van der Waals surface area (Å²) in [6.45, 7) is 0.634. The van der Waals surface area contributed by atoms with Crippen LogP contribution < -0.4 is 5.32 Å². The van der Waals surface area contributed by atoms with Gasteiger partial charge in [-0.1, -0.05) is 29.8 Å². The van der Waals surface area contributed by atoms with Crippen LogP contribution >= 0.6 is 22.9 Å². The number of thiophene rings is 1. The minimum Gasteiger partial charge on any atom is -0.465 e. The van der Waals surface area contributed by atoms with E-state index in [1.165, 1.54) is 18.4 Å². The summed E-state index contributed by atoms with van der Waals surface area (Å²) in [4.78, 5) is 26.8. The number of halogens is 1. The molecule has 2 aromatic rings. The second-order valence-electron chi connectivity index (χ2n) is 6.30. The van der Waals surface area contributed by atoms with Gasteiger partial charge in [0.05, 0.1) is 20.3 Å². The minimum absolute atomic E-state index is 0.00679. The molecule has 2 N–H and O–H groups in total. The van der Waals surface area contributed by atoms with Crippen molar-refractivity contribution in [3.8, 4) is 11.1 Å². The fraction of sp³-hybridized carbons (Fsp3) is 0.368. The zero-order valence-corrected chi connectivity index (χ0v) is 16.5. The van der Waals surface area contributed by atoms with Gasteiger partial charge >= 0.3 is 5.97 Å². The third-order valence-electron chi connectivity index (χ3n) is 4.39. The van der Waals surface area contributed by atoms with Gasteiger partial charge in [0.15, 0.2) is 0 Å². The number of methoxy groups -OCH3 is 1. The predicted octanol–water partition coefficient (Wildman–Crippen LogP) is 3.25. The van der Waals surface area contributed by atoms with E-state index in [0.717, 1.165) is 12.8 Å². The van der Waals surface area contributed by atoms with Crippen LogP contribution in [0.25, 0.3) is 11.1 Å². The third-order valence-corrected chi connectivity index (χ3v) is 5.62. The van der Waals surface area contributed by atoms with Gasteiger partial charge in [-0.15, -0.1) is 11.3 Å². The second-order valence-corrected chi connectivity index (χ2v) is 7.59. The summed E-state index contributed by atoms with van der Waals surface area (Å²) in [6.07, 6.45) is 2.08. The monoisotopic (exact) mass is 408 g/mol. The molecule has 27 heavy (non-hydrogen) atoms. The lowest BCUT2D eigenvalue weighted by atomic mass is 10.0. The van der Waals surface area contributed by atoms with E-state index in [-0.39, 0.29) is 19.1 Å². The van der Waals surface area contributed by atoms with Crippen LogP contribution in [-0.4, -0.2) is 54.7 Å². The highest BCUT2D eigenvalue weighted by Gasteiger charge is 2.30. The Balaban J connectivity index is 1.84. The summed E-state index contributed by atoms with van der Waals surface area (Å²) >= 11 is 7.53. The highest BCUT2D eigenvalue weighted by molar-refractivity contribution is 7.15. The standard InChI is InChI=1S/C19H21ClN2O4S/c1-26-19(25)17-14(13-4-2-3-5-15(13)20)11-27-18(17)21-16(24)10-22(8-9-23)12-6-7-12/h2-5,11-12,23H,6-10H2,1H3,(H,21,24). The van der Waals surface area contributed by atoms with Gasteiger partial charge in [-0.3, -0.25) is 9.69 Å². The summed E-state index contributed by atoms with van der Waals surface area (Å²) in [7, 11) is 1.30. The number of ether oxygens (including phenoxy) is 1. The summed E-state index contributed by atoms with van der Waals surface area (Å²) in [5, 5.41) is 14.7. The second kappa shape index (κ2) is 8.84. The molecule has 0 spiro atoms. The molecule has 0 aliphatic heterocycles. The molecule has 0 bridgehead atoms. The number of nitrogens with zero attached hydrogens (tertiary/aromatic N) is 1. The van der Waals surface area contributed by atoms with Gasteiger partial charge in [0.25, 0.3) is 0 Å². The summed E-state index contributed by atoms with van der Waals surface area (Å²) in [5.74, 6) is -0.760. The van der Waals surface area contributed by atoms with Crippen molar-refractivity contribution in [2.24, 2.45) is 0 Å². The quantitative estimate of drug-likeness (QED) is 0.655. The first-order valence-corrected chi connectivity index (χ1v) is 9.90. The topological polar surface area (TPSA) is 78.9 Å². The van der Waals surface area contributed by atoms with Crippen LogP contribution in [0.3, 0.4) is 0 Å². The number of aliphatic hydroxyl groups is 1. The molecule has 1 aliphatic carbocycles. The maximum Gasteiger partial charge on any atom is 0.341 e. The largest absolute Gasteiger partial charge is 0.465 e. The molecular formula is C19H21ClN2O4S. The van der Waals surface area contributed by atoms with E-state index < -0.39 is 5.97 Å². The first-order chi connectivity index (χ1) is 13.0. The zero-order chi connectivity index (χ0) is 19.4. The Bertz CT molecular complexity index is 835. The molecular weight excluding hydrogens is 388 g/mol. The summed E-state index contributed by atoms with van der Waals surface area (Å²) < 4.78 is 4.92. The predicted molar refractivity (Wildman–Crippen MR) is 106 cm³/mol. The molecule has 0 atom stereocenters. The fourth-order valence-electron chi connectivity index (χ4n) is 2.94. The van der Waals surface area contributed by atoms with Gasteiger partial charge in [0, 0.05) is 34.1 Å². The molecule has 0 radical (unpaired) electrons. The molecule has 144 valence electrons. The summed E-state index contributed by atoms with van der Waals surface area (Å²) in [6, 6.07) is 7.56. The highest BCUT2D eigenvalue weighted by atomic mass is 35.5. The number of benzene rings is 1. The molecule has 1 aliphatic rings. The lowest BCUT2D eigenvalue weighted by Gasteiger charge is -2.20. The zero-order valence-electron chi connectivity index (χ0n) is 14.9. The normalized spacial score (nSPS) is 13.6. The Morgan fingerprint density at radius 1 is 1.33 bits per heavy atom. The van der Waals surface area contributed by atoms with Crippen molar-refractivity contribution in [3.63, 3.8) is 0 Å². The Morgan fingerprint density at radius 2 is 2.07 bits per heavy atom. The molecule has 3 rings (SSSR count).